The molecule has 0 radical (unpaired) electrons. The normalized spacial score (nSPS) is 11.3. The lowest BCUT2D eigenvalue weighted by Gasteiger charge is -2.05. The van der Waals surface area contributed by atoms with Crippen LogP contribution < -0.4 is 4.74 Å². The molecule has 5 heteroatoms. The summed E-state index contributed by atoms with van der Waals surface area (Å²) in [6.07, 6.45) is 1.69. The van der Waals surface area contributed by atoms with Gasteiger partial charge in [0.2, 0.25) is 5.13 Å². The van der Waals surface area contributed by atoms with Crippen molar-refractivity contribution in [2.75, 3.05) is 6.61 Å². The minimum atomic E-state index is 0.116. The van der Waals surface area contributed by atoms with Crippen molar-refractivity contribution in [1.29, 1.82) is 0 Å². The van der Waals surface area contributed by atoms with Crippen molar-refractivity contribution in [3.05, 3.63) is 48.0 Å². The van der Waals surface area contributed by atoms with Crippen LogP contribution in [0.15, 0.2) is 47.5 Å². The third-order valence-electron chi connectivity index (χ3n) is 2.89. The van der Waals surface area contributed by atoms with Crippen molar-refractivity contribution in [1.82, 2.24) is 4.98 Å². The molecule has 21 heavy (non-hydrogen) atoms. The molecule has 4 nitrogen and oxygen atoms in total. The summed E-state index contributed by atoms with van der Waals surface area (Å²) in [5.74, 6) is 0.597. The number of phenols is 1. The zero-order chi connectivity index (χ0) is 14.7. The van der Waals surface area contributed by atoms with Gasteiger partial charge in [0.1, 0.15) is 0 Å². The van der Waals surface area contributed by atoms with Crippen molar-refractivity contribution in [3.8, 4) is 11.5 Å². The summed E-state index contributed by atoms with van der Waals surface area (Å²) in [6.45, 7) is 2.40. The van der Waals surface area contributed by atoms with E-state index in [4.69, 9.17) is 4.74 Å². The average molecular weight is 298 g/mol. The molecule has 0 spiro atoms. The Morgan fingerprint density at radius 3 is 2.90 bits per heavy atom. The molecule has 0 saturated heterocycles. The quantitative estimate of drug-likeness (QED) is 0.736. The van der Waals surface area contributed by atoms with Gasteiger partial charge in [0.25, 0.3) is 0 Å². The van der Waals surface area contributed by atoms with Gasteiger partial charge < -0.3 is 9.84 Å². The Bertz CT molecular complexity index is 763. The van der Waals surface area contributed by atoms with E-state index >= 15 is 0 Å². The number of benzene rings is 2. The van der Waals surface area contributed by atoms with Crippen LogP contribution in [0, 0.1) is 0 Å². The standard InChI is InChI=1S/C16H14N2O2S/c1-2-20-14-8-7-11(9-13(14)19)10-17-16-18-12-5-3-4-6-15(12)21-16/h3-10,19H,2H2,1H3. The smallest absolute Gasteiger partial charge is 0.210 e. The Morgan fingerprint density at radius 1 is 1.29 bits per heavy atom. The van der Waals surface area contributed by atoms with Crippen molar-refractivity contribution in [2.45, 2.75) is 6.92 Å². The highest BCUT2D eigenvalue weighted by atomic mass is 32.1. The molecule has 0 unspecified atom stereocenters. The molecule has 0 aliphatic heterocycles. The lowest BCUT2D eigenvalue weighted by atomic mass is 10.2. The van der Waals surface area contributed by atoms with Crippen LogP contribution in [0.4, 0.5) is 5.13 Å². The molecule has 106 valence electrons. The Hall–Kier alpha value is -2.40. The maximum atomic E-state index is 9.83. The number of nitrogens with zero attached hydrogens (tertiary/aromatic N) is 2. The monoisotopic (exact) mass is 298 g/mol. The molecule has 0 aliphatic carbocycles. The Kier molecular flexibility index (Phi) is 3.83. The number of para-hydroxylation sites is 1. The van der Waals surface area contributed by atoms with Gasteiger partial charge in [-0.1, -0.05) is 23.5 Å². The molecule has 0 amide bonds. The second-order valence-corrected chi connectivity index (χ2v) is 5.39. The zero-order valence-corrected chi connectivity index (χ0v) is 12.3. The summed E-state index contributed by atoms with van der Waals surface area (Å²) in [4.78, 5) is 8.79. The van der Waals surface area contributed by atoms with Gasteiger partial charge in [0.05, 0.1) is 16.8 Å². The van der Waals surface area contributed by atoms with Crippen LogP contribution in [-0.2, 0) is 0 Å². The molecule has 3 aromatic rings. The Balaban J connectivity index is 1.83. The fourth-order valence-electron chi connectivity index (χ4n) is 1.94. The van der Waals surface area contributed by atoms with Gasteiger partial charge in [-0.2, -0.15) is 0 Å². The molecule has 0 atom stereocenters. The van der Waals surface area contributed by atoms with E-state index in [2.05, 4.69) is 9.98 Å². The van der Waals surface area contributed by atoms with Crippen LogP contribution >= 0.6 is 11.3 Å². The van der Waals surface area contributed by atoms with Gasteiger partial charge in [-0.05, 0) is 42.8 Å². The predicted octanol–water partition coefficient (Wildman–Crippen LogP) is 4.15. The number of hydrogen-bond donors (Lipinski definition) is 1. The number of aromatic nitrogens is 1. The first-order chi connectivity index (χ1) is 10.3. The number of rotatable bonds is 4. The molecule has 1 N–H and O–H groups in total. The van der Waals surface area contributed by atoms with E-state index in [-0.39, 0.29) is 5.75 Å². The fraction of sp³-hybridized carbons (Fsp3) is 0.125. The first kappa shape index (κ1) is 13.6. The highest BCUT2D eigenvalue weighted by Gasteiger charge is 2.03. The van der Waals surface area contributed by atoms with E-state index in [1.165, 1.54) is 11.3 Å². The van der Waals surface area contributed by atoms with Crippen LogP contribution in [0.1, 0.15) is 12.5 Å². The maximum Gasteiger partial charge on any atom is 0.210 e. The van der Waals surface area contributed by atoms with Crippen LogP contribution in [0.3, 0.4) is 0 Å². The summed E-state index contributed by atoms with van der Waals surface area (Å²) in [5.41, 5.74) is 1.75. The molecule has 0 aliphatic rings. The van der Waals surface area contributed by atoms with Crippen LogP contribution in [0.5, 0.6) is 11.5 Å². The largest absolute Gasteiger partial charge is 0.504 e. The van der Waals surface area contributed by atoms with E-state index in [1.807, 2.05) is 37.3 Å². The molecule has 2 aromatic carbocycles. The number of aliphatic imine (C=N–C) groups is 1. The van der Waals surface area contributed by atoms with Gasteiger partial charge in [-0.15, -0.1) is 0 Å². The van der Waals surface area contributed by atoms with Gasteiger partial charge in [-0.3, -0.25) is 0 Å². The van der Waals surface area contributed by atoms with Crippen LogP contribution in [0.25, 0.3) is 10.2 Å². The first-order valence-corrected chi connectivity index (χ1v) is 7.43. The predicted molar refractivity (Wildman–Crippen MR) is 86.1 cm³/mol. The molecule has 0 saturated carbocycles. The average Bonchev–Trinajstić information content (AvgIpc) is 2.90. The second-order valence-electron chi connectivity index (χ2n) is 4.38. The van der Waals surface area contributed by atoms with Crippen LogP contribution in [-0.4, -0.2) is 22.9 Å². The summed E-state index contributed by atoms with van der Waals surface area (Å²) in [6, 6.07) is 13.1. The minimum Gasteiger partial charge on any atom is -0.504 e. The highest BCUT2D eigenvalue weighted by molar-refractivity contribution is 7.22. The van der Waals surface area contributed by atoms with Gasteiger partial charge in [0, 0.05) is 6.21 Å². The van der Waals surface area contributed by atoms with Gasteiger partial charge >= 0.3 is 0 Å². The Morgan fingerprint density at radius 2 is 2.14 bits per heavy atom. The second kappa shape index (κ2) is 5.93. The van der Waals surface area contributed by atoms with E-state index in [0.717, 1.165) is 15.8 Å². The van der Waals surface area contributed by atoms with Gasteiger partial charge in [-0.25, -0.2) is 9.98 Å². The summed E-state index contributed by atoms with van der Waals surface area (Å²) in [7, 11) is 0. The number of phenolic OH excluding ortho intramolecular Hbond substituents is 1. The van der Waals surface area contributed by atoms with Crippen molar-refractivity contribution >= 4 is 32.9 Å². The molecule has 1 aromatic heterocycles. The summed E-state index contributed by atoms with van der Waals surface area (Å²) >= 11 is 1.54. The third-order valence-corrected chi connectivity index (χ3v) is 3.83. The zero-order valence-electron chi connectivity index (χ0n) is 11.5. The molecule has 1 heterocycles. The Labute approximate surface area is 126 Å². The summed E-state index contributed by atoms with van der Waals surface area (Å²) < 4.78 is 6.40. The van der Waals surface area contributed by atoms with Crippen molar-refractivity contribution in [2.24, 2.45) is 4.99 Å². The topological polar surface area (TPSA) is 54.7 Å². The maximum absolute atomic E-state index is 9.83. The third kappa shape index (κ3) is 3.03. The molecular formula is C16H14N2O2S. The summed E-state index contributed by atoms with van der Waals surface area (Å²) in [5, 5.41) is 10.5. The van der Waals surface area contributed by atoms with Gasteiger partial charge in [0.15, 0.2) is 11.5 Å². The number of fused-ring (bicyclic) bond motifs is 1. The van der Waals surface area contributed by atoms with Crippen LogP contribution in [0.2, 0.25) is 0 Å². The number of hydrogen-bond acceptors (Lipinski definition) is 5. The molecule has 3 rings (SSSR count). The molecular weight excluding hydrogens is 284 g/mol. The fourth-order valence-corrected chi connectivity index (χ4v) is 2.75. The number of ether oxygens (including phenoxy) is 1. The first-order valence-electron chi connectivity index (χ1n) is 6.61. The highest BCUT2D eigenvalue weighted by Crippen LogP contribution is 2.29. The van der Waals surface area contributed by atoms with E-state index in [0.29, 0.717) is 17.5 Å². The van der Waals surface area contributed by atoms with E-state index in [1.54, 1.807) is 18.3 Å². The molecule has 0 fully saturated rings. The number of thiazole rings is 1. The lowest BCUT2D eigenvalue weighted by Crippen LogP contribution is -1.92. The SMILES string of the molecule is CCOc1ccc(C=Nc2nc3ccccc3s2)cc1O. The molecule has 0 bridgehead atoms. The minimum absolute atomic E-state index is 0.116. The lowest BCUT2D eigenvalue weighted by molar-refractivity contribution is 0.318. The van der Waals surface area contributed by atoms with Crippen molar-refractivity contribution in [3.63, 3.8) is 0 Å². The van der Waals surface area contributed by atoms with Crippen molar-refractivity contribution < 1.29 is 9.84 Å². The van der Waals surface area contributed by atoms with E-state index < -0.39 is 0 Å². The van der Waals surface area contributed by atoms with E-state index in [9.17, 15) is 5.11 Å². The number of aromatic hydroxyl groups is 1.